The summed E-state index contributed by atoms with van der Waals surface area (Å²) in [4.78, 5) is 9.20. The molecule has 0 saturated carbocycles. The molecule has 8 nitrogen and oxygen atoms in total. The molecule has 1 aliphatic rings. The number of hydrogen-bond acceptors (Lipinski definition) is 7. The van der Waals surface area contributed by atoms with Gasteiger partial charge in [-0.1, -0.05) is 5.92 Å². The third kappa shape index (κ3) is 3.92. The molecular weight excluding hydrogens is 378 g/mol. The van der Waals surface area contributed by atoms with E-state index in [2.05, 4.69) is 31.9 Å². The van der Waals surface area contributed by atoms with E-state index in [1.807, 2.05) is 24.4 Å². The standard InChI is InChI=1S/C22H23N7O/c1-2-6-27-7-9-28(10-8-27)21-4-3-17(14-25-21)20-12-19(30-11-5-23)16-29-22(20)18(13-24)15-26-29/h1,3-4,12,14-16H,5-11,23H2. The number of piperazine rings is 1. The van der Waals surface area contributed by atoms with Gasteiger partial charge in [-0.3, -0.25) is 4.90 Å². The average molecular weight is 401 g/mol. The number of hydrogen-bond donors (Lipinski definition) is 1. The Morgan fingerprint density at radius 1 is 1.20 bits per heavy atom. The molecule has 4 rings (SSSR count). The fourth-order valence-electron chi connectivity index (χ4n) is 3.65. The second-order valence-electron chi connectivity index (χ2n) is 7.06. The fraction of sp³-hybridized carbons (Fsp3) is 0.318. The van der Waals surface area contributed by atoms with Gasteiger partial charge in [-0.05, 0) is 18.2 Å². The average Bonchev–Trinajstić information content (AvgIpc) is 3.21. The van der Waals surface area contributed by atoms with E-state index < -0.39 is 0 Å². The van der Waals surface area contributed by atoms with Crippen molar-refractivity contribution in [2.24, 2.45) is 5.73 Å². The van der Waals surface area contributed by atoms with Gasteiger partial charge >= 0.3 is 0 Å². The molecule has 0 atom stereocenters. The normalized spacial score (nSPS) is 14.4. The molecule has 0 aromatic carbocycles. The van der Waals surface area contributed by atoms with Gasteiger partial charge in [0.25, 0.3) is 0 Å². The van der Waals surface area contributed by atoms with E-state index in [4.69, 9.17) is 16.9 Å². The topological polar surface area (TPSA) is 95.7 Å². The predicted octanol–water partition coefficient (Wildman–Crippen LogP) is 1.36. The number of nitrogens with two attached hydrogens (primary N) is 1. The summed E-state index contributed by atoms with van der Waals surface area (Å²) in [7, 11) is 0. The third-order valence-electron chi connectivity index (χ3n) is 5.16. The molecule has 0 radical (unpaired) electrons. The second-order valence-corrected chi connectivity index (χ2v) is 7.06. The number of nitriles is 1. The molecule has 0 amide bonds. The number of ether oxygens (including phenoxy) is 1. The smallest absolute Gasteiger partial charge is 0.138 e. The molecule has 152 valence electrons. The number of nitrogens with zero attached hydrogens (tertiary/aromatic N) is 6. The van der Waals surface area contributed by atoms with Gasteiger partial charge in [0.15, 0.2) is 0 Å². The van der Waals surface area contributed by atoms with Crippen LogP contribution < -0.4 is 15.4 Å². The van der Waals surface area contributed by atoms with Gasteiger partial charge in [-0.15, -0.1) is 6.42 Å². The Balaban J connectivity index is 1.63. The van der Waals surface area contributed by atoms with E-state index >= 15 is 0 Å². The second kappa shape index (κ2) is 8.83. The van der Waals surface area contributed by atoms with Crippen molar-refractivity contribution in [2.75, 3.05) is 50.8 Å². The van der Waals surface area contributed by atoms with Crippen molar-refractivity contribution in [3.63, 3.8) is 0 Å². The van der Waals surface area contributed by atoms with E-state index in [1.54, 1.807) is 16.9 Å². The Kier molecular flexibility index (Phi) is 5.80. The lowest BCUT2D eigenvalue weighted by Gasteiger charge is -2.34. The molecule has 3 aromatic rings. The summed E-state index contributed by atoms with van der Waals surface area (Å²) in [6, 6.07) is 8.15. The third-order valence-corrected chi connectivity index (χ3v) is 5.16. The Morgan fingerprint density at radius 2 is 2.03 bits per heavy atom. The summed E-state index contributed by atoms with van der Waals surface area (Å²) in [5, 5.41) is 13.8. The number of fused-ring (bicyclic) bond motifs is 1. The molecule has 0 unspecified atom stereocenters. The molecule has 2 N–H and O–H groups in total. The van der Waals surface area contributed by atoms with Crippen LogP contribution in [0.25, 0.3) is 16.6 Å². The van der Waals surface area contributed by atoms with Crippen LogP contribution in [0.15, 0.2) is 36.8 Å². The summed E-state index contributed by atoms with van der Waals surface area (Å²) >= 11 is 0. The molecule has 1 aliphatic heterocycles. The lowest BCUT2D eigenvalue weighted by Crippen LogP contribution is -2.46. The van der Waals surface area contributed by atoms with Gasteiger partial charge < -0.3 is 15.4 Å². The summed E-state index contributed by atoms with van der Waals surface area (Å²) < 4.78 is 7.37. The number of terminal acetylenes is 1. The van der Waals surface area contributed by atoms with E-state index in [0.29, 0.717) is 31.0 Å². The van der Waals surface area contributed by atoms with Crippen LogP contribution in [-0.4, -0.2) is 65.4 Å². The van der Waals surface area contributed by atoms with E-state index in [9.17, 15) is 5.26 Å². The zero-order valence-electron chi connectivity index (χ0n) is 16.7. The molecule has 1 fully saturated rings. The Labute approximate surface area is 175 Å². The van der Waals surface area contributed by atoms with Gasteiger partial charge in [0.2, 0.25) is 0 Å². The number of pyridine rings is 2. The van der Waals surface area contributed by atoms with E-state index in [-0.39, 0.29) is 0 Å². The van der Waals surface area contributed by atoms with Gasteiger partial charge in [0.1, 0.15) is 24.2 Å². The number of aromatic nitrogens is 3. The minimum absolute atomic E-state index is 0.403. The molecule has 0 aliphatic carbocycles. The highest BCUT2D eigenvalue weighted by Crippen LogP contribution is 2.31. The summed E-state index contributed by atoms with van der Waals surface area (Å²) in [5.74, 6) is 4.27. The highest BCUT2D eigenvalue weighted by molar-refractivity contribution is 5.85. The van der Waals surface area contributed by atoms with Crippen LogP contribution in [0, 0.1) is 23.7 Å². The van der Waals surface area contributed by atoms with Crippen LogP contribution in [-0.2, 0) is 0 Å². The predicted molar refractivity (Wildman–Crippen MR) is 115 cm³/mol. The van der Waals surface area contributed by atoms with Crippen molar-refractivity contribution in [1.82, 2.24) is 19.5 Å². The highest BCUT2D eigenvalue weighted by Gasteiger charge is 2.18. The van der Waals surface area contributed by atoms with Crippen LogP contribution >= 0.6 is 0 Å². The van der Waals surface area contributed by atoms with Crippen molar-refractivity contribution >= 4 is 11.3 Å². The minimum atomic E-state index is 0.403. The lowest BCUT2D eigenvalue weighted by molar-refractivity contribution is 0.287. The Morgan fingerprint density at radius 3 is 2.70 bits per heavy atom. The SMILES string of the molecule is C#CCN1CCN(c2ccc(-c3cc(OCCN)cn4ncc(C#N)c34)cn2)CC1. The van der Waals surface area contributed by atoms with Gasteiger partial charge in [0.05, 0.1) is 30.0 Å². The van der Waals surface area contributed by atoms with E-state index in [0.717, 1.165) is 48.6 Å². The maximum absolute atomic E-state index is 9.49. The molecule has 1 saturated heterocycles. The largest absolute Gasteiger partial charge is 0.491 e. The van der Waals surface area contributed by atoms with Crippen LogP contribution in [0.4, 0.5) is 5.82 Å². The molecule has 4 heterocycles. The zero-order chi connectivity index (χ0) is 20.9. The van der Waals surface area contributed by atoms with Gasteiger partial charge in [-0.2, -0.15) is 10.4 Å². The molecule has 0 bridgehead atoms. The van der Waals surface area contributed by atoms with Crippen LogP contribution in [0.1, 0.15) is 5.56 Å². The maximum atomic E-state index is 9.49. The first-order valence-corrected chi connectivity index (χ1v) is 9.85. The zero-order valence-corrected chi connectivity index (χ0v) is 16.7. The molecule has 8 heteroatoms. The first kappa shape index (κ1) is 19.7. The van der Waals surface area contributed by atoms with Gasteiger partial charge in [-0.25, -0.2) is 9.50 Å². The van der Waals surface area contributed by atoms with Crippen molar-refractivity contribution in [1.29, 1.82) is 5.26 Å². The van der Waals surface area contributed by atoms with Crippen molar-refractivity contribution in [3.8, 4) is 35.3 Å². The Bertz CT molecular complexity index is 1100. The first-order valence-electron chi connectivity index (χ1n) is 9.85. The number of anilines is 1. The summed E-state index contributed by atoms with van der Waals surface area (Å²) in [6.45, 7) is 5.14. The van der Waals surface area contributed by atoms with Crippen molar-refractivity contribution in [3.05, 3.63) is 42.4 Å². The summed E-state index contributed by atoms with van der Waals surface area (Å²) in [5.41, 5.74) is 8.53. The van der Waals surface area contributed by atoms with Crippen LogP contribution in [0.5, 0.6) is 5.75 Å². The quantitative estimate of drug-likeness (QED) is 0.623. The minimum Gasteiger partial charge on any atom is -0.491 e. The highest BCUT2D eigenvalue weighted by atomic mass is 16.5. The lowest BCUT2D eigenvalue weighted by atomic mass is 10.1. The first-order chi connectivity index (χ1) is 14.7. The Hall–Kier alpha value is -3.59. The molecular formula is C22H23N7O. The van der Waals surface area contributed by atoms with Crippen molar-refractivity contribution < 1.29 is 4.74 Å². The molecule has 0 spiro atoms. The van der Waals surface area contributed by atoms with Crippen molar-refractivity contribution in [2.45, 2.75) is 0 Å². The summed E-state index contributed by atoms with van der Waals surface area (Å²) in [6.07, 6.45) is 10.6. The van der Waals surface area contributed by atoms with Crippen LogP contribution in [0.2, 0.25) is 0 Å². The maximum Gasteiger partial charge on any atom is 0.138 e. The van der Waals surface area contributed by atoms with Gasteiger partial charge in [0, 0.05) is 50.0 Å². The molecule has 30 heavy (non-hydrogen) atoms. The molecule has 3 aromatic heterocycles. The number of rotatable bonds is 6. The monoisotopic (exact) mass is 401 g/mol. The van der Waals surface area contributed by atoms with Crippen LogP contribution in [0.3, 0.4) is 0 Å². The fourth-order valence-corrected chi connectivity index (χ4v) is 3.65. The van der Waals surface area contributed by atoms with E-state index in [1.165, 1.54) is 0 Å².